The van der Waals surface area contributed by atoms with Crippen LogP contribution in [0.25, 0.3) is 88.6 Å². The van der Waals surface area contributed by atoms with Gasteiger partial charge in [-0.25, -0.2) is 19.7 Å². The summed E-state index contributed by atoms with van der Waals surface area (Å²) in [5.74, 6) is 0.640. The second kappa shape index (κ2) is 32.4. The Morgan fingerprint density at radius 1 is 0.462 bits per heavy atom. The number of carboxylic acid groups (broad SMARTS) is 1. The van der Waals surface area contributed by atoms with Gasteiger partial charge in [-0.1, -0.05) is 69.6 Å². The van der Waals surface area contributed by atoms with Crippen molar-refractivity contribution in [2.45, 2.75) is 19.8 Å². The number of benzene rings is 9. The standard InChI is InChI=1S/C19H17ClN4O3.C17H13ClN4O2.C16H11ClN4O3.C7H3Cl2NO.C7H4ClNOS.C6H6ClNO/c1-24-15-7-4-11(16(26)3-2-8-25)9-14(15)21-18(24)23-19-22-13-6-5-12(20)10-17(13)27-19;1-9(23)10-3-6-14-13(7-10)19-16(22(14)2)21-17-20-12-5-4-11(18)8-15(12)24-17;1-21-12-5-2-8(14(22)23)6-11(12)18-15(21)20-16-19-10-4-3-9(17)7-13(10)24-16;8-4-1-2-5-6(3-4)11-7(9)10-5;8-4-1-2-5-6(3-4)10-7(11)9-5;7-4-1-2-5(8)6(9)3-4/h4-7,9-10,25H,2-3,8H2,1H3,(H,21,22,23);3-8H,1-2H3,(H,19,20,21);2-7H,1H3,(H,22,23)(H,18,19,20);1-3H;1-3H,(H,9,11);1-3,9H,8H2. The number of hydrogen-bond donors (Lipinski definition) is 8. The van der Waals surface area contributed by atoms with E-state index >= 15 is 0 Å². The van der Waals surface area contributed by atoms with Crippen LogP contribution in [-0.2, 0) is 21.1 Å². The summed E-state index contributed by atoms with van der Waals surface area (Å²) < 4.78 is 32.6. The van der Waals surface area contributed by atoms with E-state index in [1.54, 1.807) is 132 Å². The number of carbonyl (C=O) groups is 3. The highest BCUT2D eigenvalue weighted by Gasteiger charge is 2.19. The first-order valence-corrected chi connectivity index (χ1v) is 34.3. The number of rotatable bonds is 12. The van der Waals surface area contributed by atoms with Gasteiger partial charge >= 0.3 is 24.0 Å². The van der Waals surface area contributed by atoms with Crippen LogP contribution in [-0.4, -0.2) is 93.0 Å². The maximum absolute atomic E-state index is 12.2. The summed E-state index contributed by atoms with van der Waals surface area (Å²) in [4.78, 5) is 68.4. The number of nitrogens with two attached hydrogens (primary N) is 1. The lowest BCUT2D eigenvalue weighted by atomic mass is 10.1. The number of phenolic OH excluding ortho intramolecular Hbond substituents is 1. The van der Waals surface area contributed by atoms with E-state index in [4.69, 9.17) is 137 Å². The molecule has 0 saturated heterocycles. The first kappa shape index (κ1) is 74.5. The van der Waals surface area contributed by atoms with Crippen LogP contribution >= 0.6 is 93.4 Å². The number of aromatic amines is 1. The summed E-state index contributed by atoms with van der Waals surface area (Å²) in [7, 11) is 5.56. The van der Waals surface area contributed by atoms with E-state index in [9.17, 15) is 14.4 Å². The molecule has 0 aliphatic carbocycles. The minimum absolute atomic E-state index is 0.00134. The molecule has 0 amide bonds. The molecule has 17 rings (SSSR count). The number of fused-ring (bicyclic) bond motifs is 8. The van der Waals surface area contributed by atoms with E-state index in [0.29, 0.717) is 150 Å². The monoisotopic (exact) mass is 1580 g/mol. The number of halogens is 7. The predicted molar refractivity (Wildman–Crippen MR) is 415 cm³/mol. The molecule has 0 saturated carbocycles. The number of Topliss-reactive ketones (excluding diaryl/α,β-unsaturated/α-hetero) is 2. The molecule has 9 N–H and O–H groups in total. The summed E-state index contributed by atoms with van der Waals surface area (Å²) in [6.45, 7) is 1.54. The number of aliphatic hydroxyl groups excluding tert-OH is 1. The number of hydrogen-bond acceptors (Lipinski definition) is 22. The zero-order valence-electron chi connectivity index (χ0n) is 55.4. The number of phenols is 1. The minimum atomic E-state index is -0.993. The Balaban J connectivity index is 0.000000125. The van der Waals surface area contributed by atoms with Gasteiger partial charge in [-0.05, 0) is 165 Å². The Morgan fingerprint density at radius 3 is 1.26 bits per heavy atom. The van der Waals surface area contributed by atoms with Crippen molar-refractivity contribution in [2.24, 2.45) is 21.1 Å². The molecule has 9 aromatic carbocycles. The Labute approximate surface area is 637 Å². The van der Waals surface area contributed by atoms with Gasteiger partial charge in [-0.15, -0.1) is 0 Å². The van der Waals surface area contributed by atoms with Gasteiger partial charge < -0.3 is 61.8 Å². The minimum Gasteiger partial charge on any atom is -0.506 e. The fraction of sp³-hybridized carbons (Fsp3) is 0.0972. The molecule has 34 heteroatoms. The van der Waals surface area contributed by atoms with Gasteiger partial charge in [0.1, 0.15) is 27.8 Å². The van der Waals surface area contributed by atoms with Crippen molar-refractivity contribution in [1.29, 1.82) is 0 Å². The van der Waals surface area contributed by atoms with Gasteiger partial charge in [-0.2, -0.15) is 19.9 Å². The van der Waals surface area contributed by atoms with Gasteiger partial charge in [0.2, 0.25) is 17.8 Å². The number of aliphatic hydroxyl groups is 1. The van der Waals surface area contributed by atoms with E-state index in [1.165, 1.54) is 25.1 Å². The summed E-state index contributed by atoms with van der Waals surface area (Å²) in [5.41, 5.74) is 18.3. The predicted octanol–water partition coefficient (Wildman–Crippen LogP) is 20.1. The zero-order valence-corrected chi connectivity index (χ0v) is 61.5. The lowest BCUT2D eigenvalue weighted by Gasteiger charge is -2.02. The summed E-state index contributed by atoms with van der Waals surface area (Å²) in [6, 6.07) is 47.3. The average molecular weight is 1590 g/mol. The molecule has 0 aliphatic heterocycles. The number of nitrogens with one attached hydrogen (secondary N) is 4. The average Bonchev–Trinajstić information content (AvgIpc) is 1.65. The molecule has 0 unspecified atom stereocenters. The normalized spacial score (nSPS) is 11.0. The molecule has 8 aromatic heterocycles. The molecule has 26 nitrogen and oxygen atoms in total. The molecular weight excluding hydrogens is 1530 g/mol. The molecule has 0 radical (unpaired) electrons. The maximum Gasteiger partial charge on any atom is 0.335 e. The second-order valence-electron chi connectivity index (χ2n) is 22.9. The van der Waals surface area contributed by atoms with E-state index in [2.05, 4.69) is 55.8 Å². The van der Waals surface area contributed by atoms with Crippen LogP contribution in [0.1, 0.15) is 50.8 Å². The summed E-state index contributed by atoms with van der Waals surface area (Å²) >= 11 is 45.1. The molecule has 0 aliphatic rings. The van der Waals surface area contributed by atoms with E-state index < -0.39 is 5.97 Å². The van der Waals surface area contributed by atoms with Crippen LogP contribution in [0, 0.1) is 4.84 Å². The van der Waals surface area contributed by atoms with Crippen molar-refractivity contribution in [3.63, 3.8) is 0 Å². The number of ketones is 2. The third-order valence-electron chi connectivity index (χ3n) is 15.6. The quantitative estimate of drug-likeness (QED) is 0.0244. The topological polar surface area (TPSA) is 361 Å². The third kappa shape index (κ3) is 17.8. The third-order valence-corrected chi connectivity index (χ3v) is 17.3. The van der Waals surface area contributed by atoms with Gasteiger partial charge in [-0.3, -0.25) is 25.5 Å². The molecule has 538 valence electrons. The zero-order chi connectivity index (χ0) is 75.2. The first-order valence-electron chi connectivity index (χ1n) is 31.3. The van der Waals surface area contributed by atoms with Crippen LogP contribution in [0.4, 0.5) is 41.6 Å². The van der Waals surface area contributed by atoms with Crippen LogP contribution in [0.15, 0.2) is 186 Å². The Morgan fingerprint density at radius 2 is 0.840 bits per heavy atom. The Hall–Kier alpha value is -11.2. The molecule has 0 fully saturated rings. The van der Waals surface area contributed by atoms with Crippen molar-refractivity contribution in [3.05, 3.63) is 221 Å². The molecule has 106 heavy (non-hydrogen) atoms. The number of aromatic hydroxyl groups is 1. The van der Waals surface area contributed by atoms with Crippen molar-refractivity contribution in [3.8, 4) is 5.75 Å². The highest BCUT2D eigenvalue weighted by atomic mass is 35.5. The molecule has 0 spiro atoms. The number of nitrogens with zero attached hydrogens (tertiary/aromatic N) is 10. The smallest absolute Gasteiger partial charge is 0.335 e. The fourth-order valence-electron chi connectivity index (χ4n) is 10.3. The number of oxazole rings is 5. The van der Waals surface area contributed by atoms with E-state index in [0.717, 1.165) is 33.1 Å². The first-order chi connectivity index (χ1) is 50.8. The number of carboxylic acids is 1. The van der Waals surface area contributed by atoms with Crippen molar-refractivity contribution < 1.29 is 51.8 Å². The number of aromatic carboxylic acids is 1. The maximum atomic E-state index is 12.2. The largest absolute Gasteiger partial charge is 0.506 e. The van der Waals surface area contributed by atoms with Crippen LogP contribution in [0.2, 0.25) is 35.5 Å². The summed E-state index contributed by atoms with van der Waals surface area (Å²) in [6.07, 6.45) is 0.763. The Kier molecular flexibility index (Phi) is 22.8. The van der Waals surface area contributed by atoms with Gasteiger partial charge in [0.05, 0.1) is 49.9 Å². The highest BCUT2D eigenvalue weighted by Crippen LogP contribution is 2.32. The van der Waals surface area contributed by atoms with Crippen molar-refractivity contribution >= 4 is 241 Å². The number of imidazole rings is 3. The van der Waals surface area contributed by atoms with Gasteiger partial charge in [0, 0.05) is 112 Å². The van der Waals surface area contributed by atoms with Crippen LogP contribution < -0.4 is 21.7 Å². The van der Waals surface area contributed by atoms with E-state index in [-0.39, 0.29) is 40.9 Å². The molecule has 0 bridgehead atoms. The van der Waals surface area contributed by atoms with Crippen molar-refractivity contribution in [2.75, 3.05) is 28.3 Å². The number of carbonyl (C=O) groups excluding carboxylic acids is 2. The SMILES string of the molecule is CC(=O)c1ccc2c(c1)nc(Nc1nc3ccc(Cl)cc3o1)n2C.Clc1ccc2nc(Cl)oc2c1.Cn1c(Nc2nc3ccc(Cl)cc3o2)nc2cc(C(=O)CCCO)ccc21.Cn1c(Nc2nc3ccc(Cl)cc3o2)nc2cc(C(=O)O)ccc21.Nc1ccc(Cl)cc1O.S=c1[nH]c2ccc(Cl)cc2o1. The fourth-order valence-corrected chi connectivity index (χ4v) is 11.6. The lowest BCUT2D eigenvalue weighted by Crippen LogP contribution is -2.00. The van der Waals surface area contributed by atoms with Crippen LogP contribution in [0.5, 0.6) is 5.75 Å². The van der Waals surface area contributed by atoms with Gasteiger partial charge in [0.15, 0.2) is 39.5 Å². The number of H-pyrrole nitrogens is 1. The lowest BCUT2D eigenvalue weighted by molar-refractivity contribution is 0.0696. The number of aromatic nitrogens is 11. The molecular formula is C72H54Cl7N15O11S. The molecule has 0 atom stereocenters. The number of anilines is 7. The summed E-state index contributed by atoms with van der Waals surface area (Å²) in [5, 5.41) is 39.6. The van der Waals surface area contributed by atoms with Crippen LogP contribution in [0.3, 0.4) is 0 Å². The second-order valence-corrected chi connectivity index (χ2v) is 26.2. The van der Waals surface area contributed by atoms with Gasteiger partial charge in [0.25, 0.3) is 10.2 Å². The van der Waals surface area contributed by atoms with Crippen molar-refractivity contribution in [1.82, 2.24) is 53.6 Å². The molecule has 8 heterocycles. The number of aryl methyl sites for hydroxylation is 3. The highest BCUT2D eigenvalue weighted by molar-refractivity contribution is 7.71. The molecule has 17 aromatic rings. The van der Waals surface area contributed by atoms with E-state index in [1.807, 2.05) is 48.5 Å². The number of nitrogen functional groups attached to an aromatic ring is 1. The Bertz CT molecular complexity index is 6060.